The molecule has 0 spiro atoms. The molecule has 2 aromatic rings. The van der Waals surface area contributed by atoms with E-state index in [1.165, 1.54) is 6.20 Å². The van der Waals surface area contributed by atoms with Gasteiger partial charge in [-0.3, -0.25) is 9.78 Å². The monoisotopic (exact) mass is 299 g/mol. The Kier molecular flexibility index (Phi) is 4.00. The lowest BCUT2D eigenvalue weighted by atomic mass is 10.2. The molecule has 0 radical (unpaired) electrons. The van der Waals surface area contributed by atoms with Crippen LogP contribution in [-0.2, 0) is 0 Å². The fourth-order valence-electron chi connectivity index (χ4n) is 2.37. The van der Waals surface area contributed by atoms with Gasteiger partial charge in [0.2, 0.25) is 5.88 Å². The lowest BCUT2D eigenvalue weighted by Crippen LogP contribution is -2.06. The van der Waals surface area contributed by atoms with Crippen molar-refractivity contribution in [2.45, 2.75) is 19.3 Å². The van der Waals surface area contributed by atoms with E-state index >= 15 is 0 Å². The molecule has 0 N–H and O–H groups in total. The number of hydrogen-bond donors (Lipinski definition) is 0. The Balaban J connectivity index is 1.60. The number of carbonyl (C=O) groups is 1. The first kappa shape index (κ1) is 14.4. The highest BCUT2D eigenvalue weighted by atomic mass is 16.5. The first-order valence-corrected chi connectivity index (χ1v) is 7.13. The van der Waals surface area contributed by atoms with Gasteiger partial charge >= 0.3 is 0 Å². The van der Waals surface area contributed by atoms with Crippen LogP contribution in [0.5, 0.6) is 11.6 Å². The van der Waals surface area contributed by atoms with Crippen molar-refractivity contribution in [2.75, 3.05) is 13.7 Å². The van der Waals surface area contributed by atoms with Gasteiger partial charge < -0.3 is 9.47 Å². The molecule has 0 aliphatic heterocycles. The van der Waals surface area contributed by atoms with Crippen LogP contribution in [0.2, 0.25) is 0 Å². The third-order valence-corrected chi connectivity index (χ3v) is 3.76. The third-order valence-electron chi connectivity index (χ3n) is 3.76. The molecule has 1 aliphatic rings. The molecule has 2 atom stereocenters. The van der Waals surface area contributed by atoms with Gasteiger partial charge in [0.05, 0.1) is 25.5 Å². The number of hydrogen-bond acceptors (Lipinski definition) is 6. The van der Waals surface area contributed by atoms with E-state index in [2.05, 4.69) is 15.0 Å². The minimum absolute atomic E-state index is 0.357. The lowest BCUT2D eigenvalue weighted by molar-refractivity contribution is 0.111. The summed E-state index contributed by atoms with van der Waals surface area (Å²) in [5.41, 5.74) is 1.43. The zero-order chi connectivity index (χ0) is 15.5. The molecule has 1 aliphatic carbocycles. The molecule has 114 valence electrons. The summed E-state index contributed by atoms with van der Waals surface area (Å²) in [7, 11) is 1.62. The Morgan fingerprint density at radius 1 is 1.32 bits per heavy atom. The van der Waals surface area contributed by atoms with Gasteiger partial charge in [-0.2, -0.15) is 4.98 Å². The molecule has 3 rings (SSSR count). The molecule has 2 heterocycles. The topological polar surface area (TPSA) is 74.2 Å². The van der Waals surface area contributed by atoms with Crippen LogP contribution in [-0.4, -0.2) is 35.0 Å². The average molecular weight is 299 g/mol. The van der Waals surface area contributed by atoms with Gasteiger partial charge in [-0.05, 0) is 25.5 Å². The Labute approximate surface area is 128 Å². The van der Waals surface area contributed by atoms with E-state index in [1.54, 1.807) is 20.2 Å². The normalized spacial score (nSPS) is 19.5. The van der Waals surface area contributed by atoms with Crippen LogP contribution in [0.25, 0.3) is 0 Å². The molecule has 6 nitrogen and oxygen atoms in total. The highest BCUT2D eigenvalue weighted by Gasteiger charge is 2.40. The summed E-state index contributed by atoms with van der Waals surface area (Å²) >= 11 is 0. The van der Waals surface area contributed by atoms with Crippen LogP contribution in [0.15, 0.2) is 24.5 Å². The molecule has 2 aromatic heterocycles. The zero-order valence-electron chi connectivity index (χ0n) is 12.5. The highest BCUT2D eigenvalue weighted by Crippen LogP contribution is 2.46. The van der Waals surface area contributed by atoms with E-state index in [0.29, 0.717) is 42.0 Å². The highest BCUT2D eigenvalue weighted by molar-refractivity contribution is 5.77. The van der Waals surface area contributed by atoms with Gasteiger partial charge in [0.1, 0.15) is 11.6 Å². The summed E-state index contributed by atoms with van der Waals surface area (Å²) in [4.78, 5) is 23.5. The molecular weight excluding hydrogens is 282 g/mol. The Hall–Kier alpha value is -2.50. The summed E-state index contributed by atoms with van der Waals surface area (Å²) in [6.45, 7) is 2.29. The summed E-state index contributed by atoms with van der Waals surface area (Å²) < 4.78 is 10.8. The van der Waals surface area contributed by atoms with Crippen molar-refractivity contribution in [2.24, 2.45) is 5.92 Å². The molecule has 1 fully saturated rings. The van der Waals surface area contributed by atoms with E-state index in [0.717, 1.165) is 17.9 Å². The summed E-state index contributed by atoms with van der Waals surface area (Å²) in [6, 6.07) is 3.89. The number of ether oxygens (including phenoxy) is 2. The summed E-state index contributed by atoms with van der Waals surface area (Å²) in [5, 5.41) is 0. The molecule has 0 bridgehead atoms. The van der Waals surface area contributed by atoms with Gasteiger partial charge in [-0.15, -0.1) is 0 Å². The summed E-state index contributed by atoms with van der Waals surface area (Å²) in [5.74, 6) is 2.49. The maximum absolute atomic E-state index is 11.0. The standard InChI is InChI=1S/C16H17N3O3/c1-10-17-6-12(8-20)16(19-10)22-9-11-5-14(11)15-4-3-13(21-2)7-18-15/h3-4,6-8,11,14H,5,9H2,1-2H3. The number of methoxy groups -OCH3 is 1. The van der Waals surface area contributed by atoms with Crippen LogP contribution < -0.4 is 9.47 Å². The predicted molar refractivity (Wildman–Crippen MR) is 79.3 cm³/mol. The van der Waals surface area contributed by atoms with Crippen molar-refractivity contribution in [1.82, 2.24) is 15.0 Å². The number of carbonyl (C=O) groups excluding carboxylic acids is 1. The fraction of sp³-hybridized carbons (Fsp3) is 0.375. The number of aryl methyl sites for hydroxylation is 1. The van der Waals surface area contributed by atoms with E-state index in [-0.39, 0.29) is 0 Å². The first-order chi connectivity index (χ1) is 10.7. The largest absolute Gasteiger partial charge is 0.495 e. The molecule has 6 heteroatoms. The van der Waals surface area contributed by atoms with Gasteiger partial charge in [-0.1, -0.05) is 0 Å². The average Bonchev–Trinajstić information content (AvgIpc) is 3.33. The zero-order valence-corrected chi connectivity index (χ0v) is 12.5. The van der Waals surface area contributed by atoms with Crippen LogP contribution in [0.4, 0.5) is 0 Å². The second-order valence-corrected chi connectivity index (χ2v) is 5.33. The van der Waals surface area contributed by atoms with Gasteiger partial charge in [0, 0.05) is 23.7 Å². The maximum Gasteiger partial charge on any atom is 0.227 e. The molecule has 1 saturated carbocycles. The Morgan fingerprint density at radius 2 is 2.18 bits per heavy atom. The Morgan fingerprint density at radius 3 is 2.86 bits per heavy atom. The number of nitrogens with zero attached hydrogens (tertiary/aromatic N) is 3. The lowest BCUT2D eigenvalue weighted by Gasteiger charge is -2.07. The van der Waals surface area contributed by atoms with E-state index in [9.17, 15) is 4.79 Å². The predicted octanol–water partition coefficient (Wildman–Crippen LogP) is 2.18. The second-order valence-electron chi connectivity index (χ2n) is 5.33. The van der Waals surface area contributed by atoms with E-state index in [4.69, 9.17) is 9.47 Å². The quantitative estimate of drug-likeness (QED) is 0.761. The van der Waals surface area contributed by atoms with Crippen LogP contribution >= 0.6 is 0 Å². The Bertz CT molecular complexity index is 673. The first-order valence-electron chi connectivity index (χ1n) is 7.13. The molecule has 0 amide bonds. The molecule has 0 saturated heterocycles. The fourth-order valence-corrected chi connectivity index (χ4v) is 2.37. The number of aromatic nitrogens is 3. The van der Waals surface area contributed by atoms with Gasteiger partial charge in [0.15, 0.2) is 6.29 Å². The van der Waals surface area contributed by atoms with Crippen LogP contribution in [0, 0.1) is 12.8 Å². The van der Waals surface area contributed by atoms with Gasteiger partial charge in [0.25, 0.3) is 0 Å². The molecular formula is C16H17N3O3. The minimum Gasteiger partial charge on any atom is -0.495 e. The van der Waals surface area contributed by atoms with Crippen LogP contribution in [0.3, 0.4) is 0 Å². The van der Waals surface area contributed by atoms with Crippen molar-refractivity contribution in [3.8, 4) is 11.6 Å². The SMILES string of the molecule is COc1ccc(C2CC2COc2nc(C)ncc2C=O)nc1. The van der Waals surface area contributed by atoms with E-state index in [1.807, 2.05) is 12.1 Å². The second kappa shape index (κ2) is 6.09. The maximum atomic E-state index is 11.0. The van der Waals surface area contributed by atoms with Gasteiger partial charge in [-0.25, -0.2) is 4.98 Å². The molecule has 22 heavy (non-hydrogen) atoms. The summed E-state index contributed by atoms with van der Waals surface area (Å²) in [6.07, 6.45) is 4.95. The van der Waals surface area contributed by atoms with Crippen molar-refractivity contribution in [1.29, 1.82) is 0 Å². The van der Waals surface area contributed by atoms with Crippen molar-refractivity contribution < 1.29 is 14.3 Å². The third kappa shape index (κ3) is 3.05. The number of pyridine rings is 1. The van der Waals surface area contributed by atoms with Crippen molar-refractivity contribution in [3.05, 3.63) is 41.6 Å². The molecule has 2 unspecified atom stereocenters. The smallest absolute Gasteiger partial charge is 0.227 e. The molecule has 0 aromatic carbocycles. The van der Waals surface area contributed by atoms with Crippen molar-refractivity contribution >= 4 is 6.29 Å². The van der Waals surface area contributed by atoms with Crippen LogP contribution in [0.1, 0.15) is 34.2 Å². The van der Waals surface area contributed by atoms with Crippen molar-refractivity contribution in [3.63, 3.8) is 0 Å². The number of rotatable bonds is 6. The minimum atomic E-state index is 0.357. The number of aldehydes is 1. The van der Waals surface area contributed by atoms with E-state index < -0.39 is 0 Å².